The first kappa shape index (κ1) is 19.0. The summed E-state index contributed by atoms with van der Waals surface area (Å²) in [6, 6.07) is 11.2. The predicted molar refractivity (Wildman–Crippen MR) is 103 cm³/mol. The second kappa shape index (κ2) is 7.88. The second-order valence-corrected chi connectivity index (χ2v) is 6.36. The molecule has 2 heterocycles. The molecular formula is C20H20N6O2. The summed E-state index contributed by atoms with van der Waals surface area (Å²) >= 11 is 0. The Kier molecular flexibility index (Phi) is 5.36. The Balaban J connectivity index is 1.92. The first-order chi connectivity index (χ1) is 13.4. The molecule has 2 aromatic heterocycles. The van der Waals surface area contributed by atoms with Gasteiger partial charge >= 0.3 is 0 Å². The van der Waals surface area contributed by atoms with E-state index < -0.39 is 0 Å². The maximum absolute atomic E-state index is 12.6. The number of hydrogen-bond acceptors (Lipinski definition) is 6. The number of carbonyl (C=O) groups is 1. The van der Waals surface area contributed by atoms with Crippen molar-refractivity contribution in [3.8, 4) is 17.8 Å². The number of nitrogens with zero attached hydrogens (tertiary/aromatic N) is 5. The number of hydrogen-bond donors (Lipinski definition) is 1. The fourth-order valence-corrected chi connectivity index (χ4v) is 2.83. The predicted octanol–water partition coefficient (Wildman–Crippen LogP) is 2.65. The summed E-state index contributed by atoms with van der Waals surface area (Å²) in [5, 5.41) is 16.7. The molecule has 8 heteroatoms. The molecule has 28 heavy (non-hydrogen) atoms. The molecule has 3 aromatic rings. The molecule has 0 aliphatic rings. The lowest BCUT2D eigenvalue weighted by Gasteiger charge is -2.10. The van der Waals surface area contributed by atoms with Crippen LogP contribution in [0.3, 0.4) is 0 Å². The maximum Gasteiger partial charge on any atom is 0.252 e. The van der Waals surface area contributed by atoms with Crippen molar-refractivity contribution in [3.63, 3.8) is 0 Å². The quantitative estimate of drug-likeness (QED) is 0.734. The monoisotopic (exact) mass is 376 g/mol. The molecule has 0 unspecified atom stereocenters. The van der Waals surface area contributed by atoms with Crippen molar-refractivity contribution in [2.24, 2.45) is 0 Å². The summed E-state index contributed by atoms with van der Waals surface area (Å²) in [5.74, 6) is 1.02. The summed E-state index contributed by atoms with van der Waals surface area (Å²) in [6.45, 7) is 5.40. The van der Waals surface area contributed by atoms with E-state index in [-0.39, 0.29) is 23.7 Å². The van der Waals surface area contributed by atoms with E-state index in [1.807, 2.05) is 32.0 Å². The van der Waals surface area contributed by atoms with Crippen molar-refractivity contribution in [1.29, 1.82) is 5.26 Å². The van der Waals surface area contributed by atoms with Crippen LogP contribution in [0, 0.1) is 32.1 Å². The minimum atomic E-state index is -0.271. The van der Waals surface area contributed by atoms with Gasteiger partial charge < -0.3 is 10.1 Å². The number of ether oxygens (including phenoxy) is 1. The lowest BCUT2D eigenvalue weighted by atomic mass is 10.1. The number of nitriles is 1. The molecule has 0 atom stereocenters. The lowest BCUT2D eigenvalue weighted by molar-refractivity contribution is -0.115. The smallest absolute Gasteiger partial charge is 0.252 e. The van der Waals surface area contributed by atoms with E-state index in [1.54, 1.807) is 26.2 Å². The van der Waals surface area contributed by atoms with E-state index in [1.165, 1.54) is 4.68 Å². The van der Waals surface area contributed by atoms with Gasteiger partial charge in [0.05, 0.1) is 19.2 Å². The number of benzene rings is 1. The van der Waals surface area contributed by atoms with Crippen molar-refractivity contribution in [2.45, 2.75) is 27.2 Å². The summed E-state index contributed by atoms with van der Waals surface area (Å²) in [4.78, 5) is 21.4. The van der Waals surface area contributed by atoms with Crippen molar-refractivity contribution in [2.75, 3.05) is 12.4 Å². The molecule has 0 saturated heterocycles. The molecule has 1 amide bonds. The van der Waals surface area contributed by atoms with E-state index in [0.29, 0.717) is 11.6 Å². The van der Waals surface area contributed by atoms with Crippen LogP contribution in [0.5, 0.6) is 5.75 Å². The molecule has 0 saturated carbocycles. The van der Waals surface area contributed by atoms with Crippen LogP contribution in [0.15, 0.2) is 30.3 Å². The van der Waals surface area contributed by atoms with E-state index >= 15 is 0 Å². The number of aryl methyl sites for hydroxylation is 3. The third-order valence-corrected chi connectivity index (χ3v) is 4.11. The highest BCUT2D eigenvalue weighted by molar-refractivity contribution is 5.93. The highest BCUT2D eigenvalue weighted by Crippen LogP contribution is 2.22. The molecule has 0 aliphatic carbocycles. The number of aromatic nitrogens is 4. The Hall–Kier alpha value is -3.73. The largest absolute Gasteiger partial charge is 0.497 e. The highest BCUT2D eigenvalue weighted by atomic mass is 16.5. The molecular weight excluding hydrogens is 356 g/mol. The van der Waals surface area contributed by atoms with Crippen LogP contribution < -0.4 is 10.1 Å². The van der Waals surface area contributed by atoms with Crippen LogP contribution in [0.1, 0.15) is 28.2 Å². The number of rotatable bonds is 5. The third-order valence-electron chi connectivity index (χ3n) is 4.11. The van der Waals surface area contributed by atoms with E-state index in [9.17, 15) is 10.1 Å². The average Bonchev–Trinajstić information content (AvgIpc) is 2.96. The van der Waals surface area contributed by atoms with E-state index in [0.717, 1.165) is 22.7 Å². The van der Waals surface area contributed by atoms with Crippen LogP contribution in [-0.4, -0.2) is 32.8 Å². The summed E-state index contributed by atoms with van der Waals surface area (Å²) in [5.41, 5.74) is 3.13. The second-order valence-electron chi connectivity index (χ2n) is 6.36. The van der Waals surface area contributed by atoms with Gasteiger partial charge in [0.15, 0.2) is 5.82 Å². The summed E-state index contributed by atoms with van der Waals surface area (Å²) in [7, 11) is 1.59. The average molecular weight is 376 g/mol. The van der Waals surface area contributed by atoms with E-state index in [2.05, 4.69) is 26.5 Å². The maximum atomic E-state index is 12.6. The number of carbonyl (C=O) groups excluding carboxylic acids is 1. The SMILES string of the molecule is COc1ccc(CC(=O)Nc2c(C#N)c(C)nn2-c2nc(C)cc(C)n2)cc1. The first-order valence-electron chi connectivity index (χ1n) is 8.66. The van der Waals surface area contributed by atoms with E-state index in [4.69, 9.17) is 4.74 Å². The van der Waals surface area contributed by atoms with Gasteiger partial charge in [-0.05, 0) is 44.5 Å². The summed E-state index contributed by atoms with van der Waals surface area (Å²) in [6.07, 6.45) is 0.146. The van der Waals surface area contributed by atoms with Crippen molar-refractivity contribution >= 4 is 11.7 Å². The zero-order valence-corrected chi connectivity index (χ0v) is 16.1. The van der Waals surface area contributed by atoms with Gasteiger partial charge in [0.1, 0.15) is 17.4 Å². The minimum absolute atomic E-state index is 0.146. The van der Waals surface area contributed by atoms with Crippen LogP contribution in [0.4, 0.5) is 5.82 Å². The molecule has 0 fully saturated rings. The van der Waals surface area contributed by atoms with Crippen molar-refractivity contribution in [3.05, 3.63) is 58.5 Å². The van der Waals surface area contributed by atoms with Gasteiger partial charge in [-0.2, -0.15) is 15.0 Å². The first-order valence-corrected chi connectivity index (χ1v) is 8.66. The molecule has 0 radical (unpaired) electrons. The normalized spacial score (nSPS) is 10.4. The van der Waals surface area contributed by atoms with Crippen LogP contribution in [0.2, 0.25) is 0 Å². The molecule has 8 nitrogen and oxygen atoms in total. The Bertz CT molecular complexity index is 1040. The van der Waals surface area contributed by atoms with Gasteiger partial charge in [0.25, 0.3) is 5.95 Å². The van der Waals surface area contributed by atoms with Gasteiger partial charge in [-0.25, -0.2) is 9.97 Å². The van der Waals surface area contributed by atoms with Gasteiger partial charge in [0, 0.05) is 11.4 Å². The summed E-state index contributed by atoms with van der Waals surface area (Å²) < 4.78 is 6.53. The molecule has 0 aliphatic heterocycles. The Morgan fingerprint density at radius 1 is 1.18 bits per heavy atom. The number of methoxy groups -OCH3 is 1. The van der Waals surface area contributed by atoms with Crippen LogP contribution >= 0.6 is 0 Å². The topological polar surface area (TPSA) is 106 Å². The minimum Gasteiger partial charge on any atom is -0.497 e. The standard InChI is InChI=1S/C20H20N6O2/c1-12-9-13(2)23-20(22-12)26-19(17(11-21)14(3)25-26)24-18(27)10-15-5-7-16(28-4)8-6-15/h5-9H,10H2,1-4H3,(H,24,27). The molecule has 0 bridgehead atoms. The van der Waals surface area contributed by atoms with Crippen LogP contribution in [-0.2, 0) is 11.2 Å². The lowest BCUT2D eigenvalue weighted by Crippen LogP contribution is -2.19. The van der Waals surface area contributed by atoms with Crippen molar-refractivity contribution in [1.82, 2.24) is 19.7 Å². The number of amides is 1. The zero-order chi connectivity index (χ0) is 20.3. The number of anilines is 1. The zero-order valence-electron chi connectivity index (χ0n) is 16.1. The van der Waals surface area contributed by atoms with Crippen molar-refractivity contribution < 1.29 is 9.53 Å². The Morgan fingerprint density at radius 3 is 2.39 bits per heavy atom. The fraction of sp³-hybridized carbons (Fsp3) is 0.250. The number of nitrogens with one attached hydrogen (secondary N) is 1. The molecule has 3 rings (SSSR count). The highest BCUT2D eigenvalue weighted by Gasteiger charge is 2.20. The van der Waals surface area contributed by atoms with Gasteiger partial charge in [-0.1, -0.05) is 12.1 Å². The molecule has 142 valence electrons. The Morgan fingerprint density at radius 2 is 1.82 bits per heavy atom. The molecule has 1 aromatic carbocycles. The van der Waals surface area contributed by atoms with Gasteiger partial charge in [-0.3, -0.25) is 4.79 Å². The van der Waals surface area contributed by atoms with Crippen LogP contribution in [0.25, 0.3) is 5.95 Å². The fourth-order valence-electron chi connectivity index (χ4n) is 2.83. The Labute approximate surface area is 162 Å². The molecule has 0 spiro atoms. The third kappa shape index (κ3) is 3.99. The molecule has 1 N–H and O–H groups in total. The van der Waals surface area contributed by atoms with Gasteiger partial charge in [0.2, 0.25) is 5.91 Å². The van der Waals surface area contributed by atoms with Gasteiger partial charge in [-0.15, -0.1) is 0 Å².